The molecule has 1 N–H and O–H groups in total. The van der Waals surface area contributed by atoms with Gasteiger partial charge in [0.15, 0.2) is 0 Å². The normalized spacial score (nSPS) is 10.6. The molecule has 21 heavy (non-hydrogen) atoms. The van der Waals surface area contributed by atoms with Crippen LogP contribution in [0.2, 0.25) is 0 Å². The summed E-state index contributed by atoms with van der Waals surface area (Å²) in [5.74, 6) is -0.168. The lowest BCUT2D eigenvalue weighted by molar-refractivity contribution is 0.607. The van der Waals surface area contributed by atoms with Crippen LogP contribution < -0.4 is 10.2 Å². The van der Waals surface area contributed by atoms with Gasteiger partial charge in [-0.2, -0.15) is 0 Å². The first-order valence-corrected chi connectivity index (χ1v) is 7.30. The summed E-state index contributed by atoms with van der Waals surface area (Å²) >= 11 is 0. The summed E-state index contributed by atoms with van der Waals surface area (Å²) in [5, 5.41) is 3.39. The molecule has 1 aromatic heterocycles. The highest BCUT2D eigenvalue weighted by Crippen LogP contribution is 2.20. The second kappa shape index (κ2) is 7.74. The molecule has 0 saturated heterocycles. The SMILES string of the molecule is CCCNCc1ccncc1N(C)Cc1ccccc1F. The van der Waals surface area contributed by atoms with E-state index >= 15 is 0 Å². The van der Waals surface area contributed by atoms with Crippen LogP contribution in [0.3, 0.4) is 0 Å². The first kappa shape index (κ1) is 15.4. The lowest BCUT2D eigenvalue weighted by atomic mass is 10.1. The van der Waals surface area contributed by atoms with Crippen molar-refractivity contribution in [3.8, 4) is 0 Å². The van der Waals surface area contributed by atoms with E-state index < -0.39 is 0 Å². The van der Waals surface area contributed by atoms with Crippen LogP contribution in [0.15, 0.2) is 42.7 Å². The Balaban J connectivity index is 2.11. The zero-order valence-corrected chi connectivity index (χ0v) is 12.6. The van der Waals surface area contributed by atoms with E-state index in [-0.39, 0.29) is 5.82 Å². The van der Waals surface area contributed by atoms with E-state index in [0.717, 1.165) is 25.2 Å². The van der Waals surface area contributed by atoms with Gasteiger partial charge in [-0.3, -0.25) is 4.98 Å². The lowest BCUT2D eigenvalue weighted by Gasteiger charge is -2.22. The van der Waals surface area contributed by atoms with Crippen LogP contribution in [-0.2, 0) is 13.1 Å². The fourth-order valence-electron chi connectivity index (χ4n) is 2.28. The summed E-state index contributed by atoms with van der Waals surface area (Å²) in [7, 11) is 1.97. The van der Waals surface area contributed by atoms with Crippen molar-refractivity contribution in [2.24, 2.45) is 0 Å². The minimum absolute atomic E-state index is 0.168. The molecule has 4 heteroatoms. The fourth-order valence-corrected chi connectivity index (χ4v) is 2.28. The zero-order chi connectivity index (χ0) is 15.1. The van der Waals surface area contributed by atoms with E-state index in [2.05, 4.69) is 17.2 Å². The van der Waals surface area contributed by atoms with Gasteiger partial charge < -0.3 is 10.2 Å². The molecular formula is C17H22FN3. The maximum Gasteiger partial charge on any atom is 0.128 e. The predicted molar refractivity (Wildman–Crippen MR) is 84.7 cm³/mol. The Hall–Kier alpha value is -1.94. The Bertz CT molecular complexity index is 571. The number of hydrogen-bond donors (Lipinski definition) is 1. The van der Waals surface area contributed by atoms with E-state index in [9.17, 15) is 4.39 Å². The molecule has 0 saturated carbocycles. The Morgan fingerprint density at radius 3 is 2.76 bits per heavy atom. The van der Waals surface area contributed by atoms with E-state index in [0.29, 0.717) is 12.1 Å². The van der Waals surface area contributed by atoms with Gasteiger partial charge in [0.2, 0.25) is 0 Å². The summed E-state index contributed by atoms with van der Waals surface area (Å²) in [4.78, 5) is 6.23. The molecule has 0 spiro atoms. The summed E-state index contributed by atoms with van der Waals surface area (Å²) in [5.41, 5.74) is 2.90. The molecule has 0 atom stereocenters. The van der Waals surface area contributed by atoms with Gasteiger partial charge in [-0.1, -0.05) is 25.1 Å². The van der Waals surface area contributed by atoms with Crippen LogP contribution in [0.1, 0.15) is 24.5 Å². The van der Waals surface area contributed by atoms with E-state index in [1.54, 1.807) is 12.3 Å². The third-order valence-corrected chi connectivity index (χ3v) is 3.41. The van der Waals surface area contributed by atoms with Crippen molar-refractivity contribution in [1.29, 1.82) is 0 Å². The zero-order valence-electron chi connectivity index (χ0n) is 12.6. The van der Waals surface area contributed by atoms with Crippen molar-refractivity contribution in [3.05, 3.63) is 59.7 Å². The third kappa shape index (κ3) is 4.26. The Kier molecular flexibility index (Phi) is 5.69. The number of benzene rings is 1. The molecule has 0 amide bonds. The van der Waals surface area contributed by atoms with Gasteiger partial charge in [-0.05, 0) is 30.7 Å². The molecule has 3 nitrogen and oxygen atoms in total. The van der Waals surface area contributed by atoms with E-state index in [1.165, 1.54) is 11.6 Å². The van der Waals surface area contributed by atoms with Crippen LogP contribution in [0, 0.1) is 5.82 Å². The fraction of sp³-hybridized carbons (Fsp3) is 0.353. The minimum Gasteiger partial charge on any atom is -0.369 e. The minimum atomic E-state index is -0.168. The number of anilines is 1. The molecule has 0 aliphatic carbocycles. The average Bonchev–Trinajstić information content (AvgIpc) is 2.50. The largest absolute Gasteiger partial charge is 0.369 e. The molecule has 112 valence electrons. The third-order valence-electron chi connectivity index (χ3n) is 3.41. The molecule has 2 aromatic rings. The van der Waals surface area contributed by atoms with Crippen molar-refractivity contribution >= 4 is 5.69 Å². The molecular weight excluding hydrogens is 265 g/mol. The van der Waals surface area contributed by atoms with Gasteiger partial charge in [-0.25, -0.2) is 4.39 Å². The number of rotatable bonds is 7. The van der Waals surface area contributed by atoms with Crippen LogP contribution >= 0.6 is 0 Å². The standard InChI is InChI=1S/C17H22FN3/c1-3-9-19-11-14-8-10-20-12-17(14)21(2)13-15-6-4-5-7-16(15)18/h4-8,10,12,19H,3,9,11,13H2,1-2H3. The summed E-state index contributed by atoms with van der Waals surface area (Å²) in [6.07, 6.45) is 4.73. The van der Waals surface area contributed by atoms with Crippen molar-refractivity contribution in [3.63, 3.8) is 0 Å². The summed E-state index contributed by atoms with van der Waals surface area (Å²) < 4.78 is 13.8. The quantitative estimate of drug-likeness (QED) is 0.792. The maximum atomic E-state index is 13.8. The Morgan fingerprint density at radius 1 is 1.19 bits per heavy atom. The average molecular weight is 287 g/mol. The van der Waals surface area contributed by atoms with E-state index in [1.807, 2.05) is 36.3 Å². The van der Waals surface area contributed by atoms with Crippen molar-refractivity contribution < 1.29 is 4.39 Å². The van der Waals surface area contributed by atoms with Crippen molar-refractivity contribution in [1.82, 2.24) is 10.3 Å². The van der Waals surface area contributed by atoms with Crippen molar-refractivity contribution in [2.45, 2.75) is 26.4 Å². The maximum absolute atomic E-state index is 13.8. The number of hydrogen-bond acceptors (Lipinski definition) is 3. The second-order valence-corrected chi connectivity index (χ2v) is 5.13. The van der Waals surface area contributed by atoms with Gasteiger partial charge in [0.1, 0.15) is 5.82 Å². The Labute approximate surface area is 125 Å². The molecule has 0 bridgehead atoms. The second-order valence-electron chi connectivity index (χ2n) is 5.13. The molecule has 0 unspecified atom stereocenters. The smallest absolute Gasteiger partial charge is 0.128 e. The van der Waals surface area contributed by atoms with Crippen molar-refractivity contribution in [2.75, 3.05) is 18.5 Å². The highest BCUT2D eigenvalue weighted by molar-refractivity contribution is 5.51. The number of halogens is 1. The lowest BCUT2D eigenvalue weighted by Crippen LogP contribution is -2.21. The molecule has 2 rings (SSSR count). The monoisotopic (exact) mass is 287 g/mol. The van der Waals surface area contributed by atoms with Gasteiger partial charge in [0.25, 0.3) is 0 Å². The Morgan fingerprint density at radius 2 is 2.00 bits per heavy atom. The first-order valence-electron chi connectivity index (χ1n) is 7.30. The first-order chi connectivity index (χ1) is 10.2. The highest BCUT2D eigenvalue weighted by Gasteiger charge is 2.10. The number of nitrogens with one attached hydrogen (secondary N) is 1. The topological polar surface area (TPSA) is 28.2 Å². The summed E-state index contributed by atoms with van der Waals surface area (Å²) in [6, 6.07) is 8.89. The number of nitrogens with zero attached hydrogens (tertiary/aromatic N) is 2. The molecule has 0 fully saturated rings. The van der Waals surface area contributed by atoms with Gasteiger partial charge >= 0.3 is 0 Å². The molecule has 0 aliphatic heterocycles. The number of aromatic nitrogens is 1. The number of pyridine rings is 1. The van der Waals surface area contributed by atoms with Gasteiger partial charge in [0, 0.05) is 31.9 Å². The van der Waals surface area contributed by atoms with E-state index in [4.69, 9.17) is 0 Å². The van der Waals surface area contributed by atoms with Crippen LogP contribution in [0.25, 0.3) is 0 Å². The van der Waals surface area contributed by atoms with Gasteiger partial charge in [-0.15, -0.1) is 0 Å². The van der Waals surface area contributed by atoms with Crippen LogP contribution in [0.5, 0.6) is 0 Å². The molecule has 1 aromatic carbocycles. The molecule has 0 radical (unpaired) electrons. The van der Waals surface area contributed by atoms with Gasteiger partial charge in [0.05, 0.1) is 11.9 Å². The van der Waals surface area contributed by atoms with Crippen LogP contribution in [0.4, 0.5) is 10.1 Å². The highest BCUT2D eigenvalue weighted by atomic mass is 19.1. The van der Waals surface area contributed by atoms with Crippen LogP contribution in [-0.4, -0.2) is 18.6 Å². The molecule has 1 heterocycles. The molecule has 0 aliphatic rings. The summed E-state index contributed by atoms with van der Waals surface area (Å²) in [6.45, 7) is 4.45. The predicted octanol–water partition coefficient (Wildman–Crippen LogP) is 3.36.